The van der Waals surface area contributed by atoms with Crippen LogP contribution in [0.1, 0.15) is 0 Å². The van der Waals surface area contributed by atoms with Gasteiger partial charge in [-0.25, -0.2) is 25.0 Å². The van der Waals surface area contributed by atoms with E-state index in [-0.39, 0.29) is 0 Å². The van der Waals surface area contributed by atoms with Crippen LogP contribution < -0.4 is 0 Å². The van der Waals surface area contributed by atoms with E-state index in [0.29, 0.717) is 17.5 Å². The number of rotatable bonds is 7. The van der Waals surface area contributed by atoms with Crippen LogP contribution in [-0.4, -0.2) is 33.7 Å². The van der Waals surface area contributed by atoms with Gasteiger partial charge in [0.15, 0.2) is 17.5 Å². The second-order valence-corrected chi connectivity index (χ2v) is 18.2. The van der Waals surface area contributed by atoms with Crippen LogP contribution in [0.4, 0.5) is 0 Å². The summed E-state index contributed by atoms with van der Waals surface area (Å²) < 4.78 is 6.26. The lowest BCUT2D eigenvalue weighted by Crippen LogP contribution is -2.00. The SMILES string of the molecule is CS(C)(C)c1ccc(-c2nc(-c3cccc(-c4cccc(-c5cccc(-c6ccccc6)c5)c4)c3)nc(-c3ccc4c(c3)oc3ccccc34)n2)cc1. The summed E-state index contributed by atoms with van der Waals surface area (Å²) in [6.07, 6.45) is 6.92. The van der Waals surface area contributed by atoms with Crippen molar-refractivity contribution in [3.05, 3.63) is 170 Å². The van der Waals surface area contributed by atoms with Crippen LogP contribution in [-0.2, 0) is 0 Å². The van der Waals surface area contributed by atoms with Crippen LogP contribution in [0.15, 0.2) is 179 Å². The Labute approximate surface area is 311 Å². The van der Waals surface area contributed by atoms with Gasteiger partial charge in [0.2, 0.25) is 0 Å². The number of aromatic nitrogens is 3. The quantitative estimate of drug-likeness (QED) is 0.166. The van der Waals surface area contributed by atoms with Gasteiger partial charge in [-0.3, -0.25) is 0 Å². The Morgan fingerprint density at radius 3 is 1.38 bits per heavy atom. The molecule has 4 nitrogen and oxygen atoms in total. The molecule has 53 heavy (non-hydrogen) atoms. The summed E-state index contributed by atoms with van der Waals surface area (Å²) in [4.78, 5) is 16.6. The normalized spacial score (nSPS) is 12.0. The first-order valence-electron chi connectivity index (χ1n) is 17.7. The van der Waals surface area contributed by atoms with Crippen molar-refractivity contribution in [3.63, 3.8) is 0 Å². The van der Waals surface area contributed by atoms with Gasteiger partial charge in [0, 0.05) is 27.5 Å². The van der Waals surface area contributed by atoms with Gasteiger partial charge in [-0.15, -0.1) is 0 Å². The molecule has 0 saturated heterocycles. The van der Waals surface area contributed by atoms with Gasteiger partial charge < -0.3 is 4.42 Å². The molecule has 0 fully saturated rings. The first kappa shape index (κ1) is 32.6. The molecule has 0 N–H and O–H groups in total. The molecule has 0 atom stereocenters. The number of nitrogens with zero attached hydrogens (tertiary/aromatic N) is 3. The fourth-order valence-electron chi connectivity index (χ4n) is 6.87. The minimum absolute atomic E-state index is 0.601. The Kier molecular flexibility index (Phi) is 8.21. The summed E-state index contributed by atoms with van der Waals surface area (Å²) in [5.74, 6) is 1.85. The van der Waals surface area contributed by atoms with E-state index in [2.05, 4.69) is 164 Å². The molecule has 256 valence electrons. The Morgan fingerprint density at radius 2 is 0.774 bits per heavy atom. The monoisotopic (exact) mass is 703 g/mol. The van der Waals surface area contributed by atoms with E-state index in [9.17, 15) is 0 Å². The highest BCUT2D eigenvalue weighted by Gasteiger charge is 2.16. The van der Waals surface area contributed by atoms with Gasteiger partial charge in [-0.2, -0.15) is 0 Å². The molecule has 0 saturated carbocycles. The maximum atomic E-state index is 6.26. The molecule has 0 radical (unpaired) electrons. The molecule has 2 aromatic heterocycles. The number of hydrogen-bond donors (Lipinski definition) is 0. The van der Waals surface area contributed by atoms with E-state index >= 15 is 0 Å². The standard InChI is InChI=1S/C48H37N3OS/c1-53(2,3)41-25-22-33(23-26-41)46-49-47(51-48(50-46)40-24-27-43-42-20-7-8-21-44(42)52-45(43)31-40)39-19-11-18-38(30-39)37-17-10-16-36(29-37)35-15-9-14-34(28-35)32-12-5-4-6-13-32/h4-31H,1-3H3. The van der Waals surface area contributed by atoms with Gasteiger partial charge in [0.05, 0.1) is 0 Å². The van der Waals surface area contributed by atoms with E-state index in [4.69, 9.17) is 19.4 Å². The van der Waals surface area contributed by atoms with E-state index in [1.165, 1.54) is 21.6 Å². The highest BCUT2D eigenvalue weighted by Crippen LogP contribution is 2.45. The molecule has 0 aliphatic rings. The minimum atomic E-state index is -0.867. The van der Waals surface area contributed by atoms with Crippen LogP contribution in [0.3, 0.4) is 0 Å². The lowest BCUT2D eigenvalue weighted by Gasteiger charge is -2.25. The largest absolute Gasteiger partial charge is 0.456 e. The highest BCUT2D eigenvalue weighted by atomic mass is 32.3. The van der Waals surface area contributed by atoms with Crippen molar-refractivity contribution in [1.82, 2.24) is 15.0 Å². The van der Waals surface area contributed by atoms with Crippen LogP contribution in [0.25, 0.3) is 89.5 Å². The first-order valence-corrected chi connectivity index (χ1v) is 20.5. The highest BCUT2D eigenvalue weighted by molar-refractivity contribution is 8.32. The Hall–Kier alpha value is -6.30. The van der Waals surface area contributed by atoms with E-state index in [1.54, 1.807) is 0 Å². The second kappa shape index (κ2) is 13.4. The molecular formula is C48H37N3OS. The van der Waals surface area contributed by atoms with Crippen molar-refractivity contribution in [2.45, 2.75) is 4.90 Å². The molecule has 9 aromatic rings. The molecule has 0 aliphatic heterocycles. The lowest BCUT2D eigenvalue weighted by atomic mass is 9.95. The van der Waals surface area contributed by atoms with Crippen molar-refractivity contribution in [2.24, 2.45) is 0 Å². The average molecular weight is 704 g/mol. The van der Waals surface area contributed by atoms with Gasteiger partial charge in [0.25, 0.3) is 0 Å². The number of fused-ring (bicyclic) bond motifs is 3. The number of benzene rings is 7. The third-order valence-corrected chi connectivity index (χ3v) is 11.4. The van der Waals surface area contributed by atoms with E-state index in [1.807, 2.05) is 24.3 Å². The van der Waals surface area contributed by atoms with Crippen molar-refractivity contribution in [2.75, 3.05) is 18.8 Å². The summed E-state index contributed by atoms with van der Waals surface area (Å²) in [6.45, 7) is 0. The molecule has 9 rings (SSSR count). The summed E-state index contributed by atoms with van der Waals surface area (Å²) in [7, 11) is -0.867. The number of para-hydroxylation sites is 1. The van der Waals surface area contributed by atoms with Crippen LogP contribution >= 0.6 is 10.0 Å². The van der Waals surface area contributed by atoms with Crippen molar-refractivity contribution >= 4 is 32.0 Å². The number of furan rings is 1. The maximum Gasteiger partial charge on any atom is 0.164 e. The van der Waals surface area contributed by atoms with E-state index in [0.717, 1.165) is 55.3 Å². The molecule has 2 heterocycles. The number of hydrogen-bond acceptors (Lipinski definition) is 4. The topological polar surface area (TPSA) is 51.8 Å². The van der Waals surface area contributed by atoms with Gasteiger partial charge in [-0.05, 0) is 106 Å². The summed E-state index contributed by atoms with van der Waals surface area (Å²) in [6, 6.07) is 59.5. The van der Waals surface area contributed by atoms with Gasteiger partial charge >= 0.3 is 0 Å². The third-order valence-electron chi connectivity index (χ3n) is 9.71. The third kappa shape index (κ3) is 6.52. The minimum Gasteiger partial charge on any atom is -0.456 e. The van der Waals surface area contributed by atoms with Crippen LogP contribution in [0, 0.1) is 0 Å². The van der Waals surface area contributed by atoms with E-state index < -0.39 is 10.0 Å². The zero-order valence-electron chi connectivity index (χ0n) is 29.8. The predicted octanol–water partition coefficient (Wildman–Crippen LogP) is 12.8. The first-order chi connectivity index (χ1) is 25.9. The van der Waals surface area contributed by atoms with Crippen molar-refractivity contribution < 1.29 is 4.42 Å². The summed E-state index contributed by atoms with van der Waals surface area (Å²) >= 11 is 0. The molecule has 5 heteroatoms. The summed E-state index contributed by atoms with van der Waals surface area (Å²) in [5, 5.41) is 2.16. The van der Waals surface area contributed by atoms with Gasteiger partial charge in [-0.1, -0.05) is 121 Å². The van der Waals surface area contributed by atoms with Crippen LogP contribution in [0.2, 0.25) is 0 Å². The fourth-order valence-corrected chi connectivity index (χ4v) is 7.82. The Morgan fingerprint density at radius 1 is 0.340 bits per heavy atom. The summed E-state index contributed by atoms with van der Waals surface area (Å²) in [5.41, 5.74) is 11.4. The van der Waals surface area contributed by atoms with Gasteiger partial charge in [0.1, 0.15) is 11.2 Å². The Balaban J connectivity index is 1.13. The molecule has 0 spiro atoms. The van der Waals surface area contributed by atoms with Crippen molar-refractivity contribution in [3.8, 4) is 67.5 Å². The zero-order valence-corrected chi connectivity index (χ0v) is 30.6. The van der Waals surface area contributed by atoms with Crippen LogP contribution in [0.5, 0.6) is 0 Å². The zero-order chi connectivity index (χ0) is 35.9. The van der Waals surface area contributed by atoms with Crippen molar-refractivity contribution in [1.29, 1.82) is 0 Å². The molecule has 0 amide bonds. The fraction of sp³-hybridized carbons (Fsp3) is 0.0625. The molecule has 0 unspecified atom stereocenters. The smallest absolute Gasteiger partial charge is 0.164 e. The Bertz CT molecular complexity index is 2760. The average Bonchev–Trinajstić information content (AvgIpc) is 3.59. The lowest BCUT2D eigenvalue weighted by molar-refractivity contribution is 0.669. The maximum absolute atomic E-state index is 6.26. The second-order valence-electron chi connectivity index (χ2n) is 14.1. The molecule has 0 aliphatic carbocycles. The molecule has 0 bridgehead atoms. The predicted molar refractivity (Wildman–Crippen MR) is 223 cm³/mol. The molecular weight excluding hydrogens is 667 g/mol. The molecule has 7 aromatic carbocycles.